The first-order chi connectivity index (χ1) is 6.29. The minimum Gasteiger partial charge on any atom is -0.469 e. The first-order valence-electron chi connectivity index (χ1n) is 4.79. The van der Waals surface area contributed by atoms with Gasteiger partial charge in [0.1, 0.15) is 0 Å². The maximum absolute atomic E-state index is 11.7. The molecule has 13 heavy (non-hydrogen) atoms. The molecule has 2 unspecified atom stereocenters. The highest BCUT2D eigenvalue weighted by Gasteiger charge is 2.51. The number of methoxy groups -OCH3 is 1. The molecular formula is C9H16N2O2. The van der Waals surface area contributed by atoms with E-state index in [9.17, 15) is 4.79 Å². The first-order valence-corrected chi connectivity index (χ1v) is 4.79. The third-order valence-corrected chi connectivity index (χ3v) is 3.31. The van der Waals surface area contributed by atoms with Crippen molar-refractivity contribution in [1.82, 2.24) is 10.6 Å². The lowest BCUT2D eigenvalue weighted by atomic mass is 9.74. The van der Waals surface area contributed by atoms with Crippen molar-refractivity contribution >= 4 is 5.97 Å². The lowest BCUT2D eigenvalue weighted by Gasteiger charge is -2.36. The Morgan fingerprint density at radius 2 is 2.23 bits per heavy atom. The summed E-state index contributed by atoms with van der Waals surface area (Å²) < 4.78 is 4.88. The Balaban J connectivity index is 2.20. The van der Waals surface area contributed by atoms with E-state index in [0.29, 0.717) is 5.92 Å². The Morgan fingerprint density at radius 3 is 3.00 bits per heavy atom. The summed E-state index contributed by atoms with van der Waals surface area (Å²) >= 11 is 0. The van der Waals surface area contributed by atoms with Crippen molar-refractivity contribution < 1.29 is 9.53 Å². The second kappa shape index (κ2) is 3.27. The Kier molecular flexibility index (Phi) is 2.26. The third kappa shape index (κ3) is 1.25. The van der Waals surface area contributed by atoms with E-state index in [-0.39, 0.29) is 11.4 Å². The highest BCUT2D eigenvalue weighted by atomic mass is 16.5. The molecule has 2 N–H and O–H groups in total. The Labute approximate surface area is 78.0 Å². The monoisotopic (exact) mass is 184 g/mol. The number of hydrogen-bond acceptors (Lipinski definition) is 4. The number of esters is 1. The molecule has 0 spiro atoms. The van der Waals surface area contributed by atoms with Gasteiger partial charge < -0.3 is 15.4 Å². The van der Waals surface area contributed by atoms with Crippen LogP contribution in [-0.4, -0.2) is 39.3 Å². The predicted octanol–water partition coefficient (Wildman–Crippen LogP) is -0.641. The number of hydrogen-bond donors (Lipinski definition) is 2. The Hall–Kier alpha value is -0.610. The molecule has 2 saturated heterocycles. The molecule has 0 aliphatic carbocycles. The molecule has 0 aromatic carbocycles. The molecule has 0 aromatic heterocycles. The fourth-order valence-corrected chi connectivity index (χ4v) is 2.50. The quantitative estimate of drug-likeness (QED) is 0.532. The molecule has 2 fully saturated rings. The molecule has 0 bridgehead atoms. The molecule has 2 aliphatic rings. The minimum atomic E-state index is -0.285. The zero-order valence-corrected chi connectivity index (χ0v) is 7.93. The molecule has 0 radical (unpaired) electrons. The predicted molar refractivity (Wildman–Crippen MR) is 48.3 cm³/mol. The van der Waals surface area contributed by atoms with Crippen molar-refractivity contribution in [3.05, 3.63) is 0 Å². The largest absolute Gasteiger partial charge is 0.469 e. The SMILES string of the molecule is COC(=O)C12CNCCC1CNC2. The van der Waals surface area contributed by atoms with Gasteiger partial charge in [0.15, 0.2) is 0 Å². The summed E-state index contributed by atoms with van der Waals surface area (Å²) in [4.78, 5) is 11.7. The van der Waals surface area contributed by atoms with Crippen LogP contribution in [0.3, 0.4) is 0 Å². The van der Waals surface area contributed by atoms with Gasteiger partial charge in [0.05, 0.1) is 12.5 Å². The fourth-order valence-electron chi connectivity index (χ4n) is 2.50. The number of carbonyl (C=O) groups is 1. The van der Waals surface area contributed by atoms with Gasteiger partial charge in [0.25, 0.3) is 0 Å². The number of fused-ring (bicyclic) bond motifs is 1. The lowest BCUT2D eigenvalue weighted by Crippen LogP contribution is -2.51. The zero-order valence-electron chi connectivity index (χ0n) is 7.93. The standard InChI is InChI=1S/C9H16N2O2/c1-13-8(12)9-5-10-3-2-7(9)4-11-6-9/h7,10-11H,2-6H2,1H3. The van der Waals surface area contributed by atoms with Gasteiger partial charge in [-0.3, -0.25) is 4.79 Å². The summed E-state index contributed by atoms with van der Waals surface area (Å²) in [5.41, 5.74) is -0.285. The molecule has 0 amide bonds. The third-order valence-electron chi connectivity index (χ3n) is 3.31. The molecule has 4 nitrogen and oxygen atoms in total. The highest BCUT2D eigenvalue weighted by Crippen LogP contribution is 2.36. The number of carbonyl (C=O) groups excluding carboxylic acids is 1. The van der Waals surface area contributed by atoms with Crippen LogP contribution in [0, 0.1) is 11.3 Å². The number of piperidine rings is 1. The molecule has 74 valence electrons. The van der Waals surface area contributed by atoms with Gasteiger partial charge in [-0.2, -0.15) is 0 Å². The Bertz CT molecular complexity index is 220. The van der Waals surface area contributed by atoms with Gasteiger partial charge in [-0.1, -0.05) is 0 Å². The van der Waals surface area contributed by atoms with Crippen LogP contribution in [0.15, 0.2) is 0 Å². The average Bonchev–Trinajstić information content (AvgIpc) is 2.61. The van der Waals surface area contributed by atoms with E-state index in [4.69, 9.17) is 4.74 Å². The number of nitrogens with one attached hydrogen (secondary N) is 2. The number of ether oxygens (including phenoxy) is 1. The van der Waals surface area contributed by atoms with Gasteiger partial charge in [-0.05, 0) is 25.4 Å². The van der Waals surface area contributed by atoms with E-state index < -0.39 is 0 Å². The van der Waals surface area contributed by atoms with E-state index in [2.05, 4.69) is 10.6 Å². The number of rotatable bonds is 1. The lowest BCUT2D eigenvalue weighted by molar-refractivity contribution is -0.154. The molecule has 2 atom stereocenters. The van der Waals surface area contributed by atoms with Crippen LogP contribution in [0.2, 0.25) is 0 Å². The second-order valence-corrected chi connectivity index (χ2v) is 3.94. The summed E-state index contributed by atoms with van der Waals surface area (Å²) in [5, 5.41) is 6.55. The van der Waals surface area contributed by atoms with Crippen molar-refractivity contribution in [2.75, 3.05) is 33.3 Å². The zero-order chi connectivity index (χ0) is 9.31. The van der Waals surface area contributed by atoms with Crippen LogP contribution >= 0.6 is 0 Å². The summed E-state index contributed by atoms with van der Waals surface area (Å²) in [7, 11) is 1.47. The van der Waals surface area contributed by atoms with Crippen molar-refractivity contribution in [2.24, 2.45) is 11.3 Å². The molecular weight excluding hydrogens is 168 g/mol. The minimum absolute atomic E-state index is 0.0605. The van der Waals surface area contributed by atoms with Crippen LogP contribution in [-0.2, 0) is 9.53 Å². The van der Waals surface area contributed by atoms with Crippen molar-refractivity contribution in [2.45, 2.75) is 6.42 Å². The summed E-state index contributed by atoms with van der Waals surface area (Å²) in [6.45, 7) is 3.50. The summed E-state index contributed by atoms with van der Waals surface area (Å²) in [5.74, 6) is 0.399. The molecule has 2 heterocycles. The van der Waals surface area contributed by atoms with Crippen molar-refractivity contribution in [1.29, 1.82) is 0 Å². The van der Waals surface area contributed by atoms with Crippen LogP contribution in [0.1, 0.15) is 6.42 Å². The summed E-state index contributed by atoms with van der Waals surface area (Å²) in [6, 6.07) is 0. The average molecular weight is 184 g/mol. The van der Waals surface area contributed by atoms with Crippen LogP contribution < -0.4 is 10.6 Å². The van der Waals surface area contributed by atoms with Crippen LogP contribution in [0.25, 0.3) is 0 Å². The topological polar surface area (TPSA) is 50.4 Å². The highest BCUT2D eigenvalue weighted by molar-refractivity contribution is 5.78. The van der Waals surface area contributed by atoms with Crippen molar-refractivity contribution in [3.63, 3.8) is 0 Å². The van der Waals surface area contributed by atoms with Crippen molar-refractivity contribution in [3.8, 4) is 0 Å². The van der Waals surface area contributed by atoms with E-state index in [1.807, 2.05) is 0 Å². The van der Waals surface area contributed by atoms with E-state index >= 15 is 0 Å². The van der Waals surface area contributed by atoms with Gasteiger partial charge in [-0.25, -0.2) is 0 Å². The van der Waals surface area contributed by atoms with Gasteiger partial charge in [-0.15, -0.1) is 0 Å². The maximum Gasteiger partial charge on any atom is 0.314 e. The molecule has 4 heteroatoms. The maximum atomic E-state index is 11.7. The van der Waals surface area contributed by atoms with E-state index in [1.54, 1.807) is 0 Å². The summed E-state index contributed by atoms with van der Waals surface area (Å²) in [6.07, 6.45) is 1.07. The smallest absolute Gasteiger partial charge is 0.314 e. The molecule has 0 aromatic rings. The van der Waals surface area contributed by atoms with Gasteiger partial charge >= 0.3 is 5.97 Å². The van der Waals surface area contributed by atoms with Crippen LogP contribution in [0.5, 0.6) is 0 Å². The van der Waals surface area contributed by atoms with Gasteiger partial charge in [0.2, 0.25) is 0 Å². The Morgan fingerprint density at radius 1 is 1.46 bits per heavy atom. The normalized spacial score (nSPS) is 38.4. The van der Waals surface area contributed by atoms with Gasteiger partial charge in [0, 0.05) is 13.1 Å². The second-order valence-electron chi connectivity index (χ2n) is 3.94. The fraction of sp³-hybridized carbons (Fsp3) is 0.889. The molecule has 2 rings (SSSR count). The van der Waals surface area contributed by atoms with E-state index in [0.717, 1.165) is 32.6 Å². The first kappa shape index (κ1) is 8.97. The van der Waals surface area contributed by atoms with E-state index in [1.165, 1.54) is 7.11 Å². The van der Waals surface area contributed by atoms with Crippen LogP contribution in [0.4, 0.5) is 0 Å². The molecule has 0 saturated carbocycles. The molecule has 2 aliphatic heterocycles.